The molecule has 2 rings (SSSR count). The summed E-state index contributed by atoms with van der Waals surface area (Å²) < 4.78 is 5.28. The molecule has 0 radical (unpaired) electrons. The standard InChI is InChI=1S/C11H19N3O/c1-3-4-10-13-11(15-14-10)9-7-8(2)5-6-12-9/h8-9,12H,3-7H2,1-2H3. The van der Waals surface area contributed by atoms with Crippen molar-refractivity contribution in [1.82, 2.24) is 15.5 Å². The van der Waals surface area contributed by atoms with Crippen molar-refractivity contribution in [1.29, 1.82) is 0 Å². The van der Waals surface area contributed by atoms with Crippen molar-refractivity contribution in [2.24, 2.45) is 5.92 Å². The van der Waals surface area contributed by atoms with Crippen molar-refractivity contribution in [2.75, 3.05) is 6.54 Å². The summed E-state index contributed by atoms with van der Waals surface area (Å²) in [6.07, 6.45) is 4.32. The number of aromatic nitrogens is 2. The molecule has 1 N–H and O–H groups in total. The van der Waals surface area contributed by atoms with E-state index in [1.54, 1.807) is 0 Å². The summed E-state index contributed by atoms with van der Waals surface area (Å²) in [6, 6.07) is 0.270. The van der Waals surface area contributed by atoms with Gasteiger partial charge in [-0.05, 0) is 31.7 Å². The number of hydrogen-bond donors (Lipinski definition) is 1. The largest absolute Gasteiger partial charge is 0.338 e. The summed E-state index contributed by atoms with van der Waals surface area (Å²) in [5, 5.41) is 7.41. The van der Waals surface area contributed by atoms with Crippen molar-refractivity contribution >= 4 is 0 Å². The molecule has 0 spiro atoms. The van der Waals surface area contributed by atoms with E-state index in [0.717, 1.165) is 43.4 Å². The van der Waals surface area contributed by atoms with Gasteiger partial charge in [-0.15, -0.1) is 0 Å². The predicted molar refractivity (Wildman–Crippen MR) is 57.4 cm³/mol. The van der Waals surface area contributed by atoms with Crippen LogP contribution in [-0.4, -0.2) is 16.7 Å². The molecule has 2 atom stereocenters. The van der Waals surface area contributed by atoms with E-state index in [0.29, 0.717) is 0 Å². The zero-order chi connectivity index (χ0) is 10.7. The summed E-state index contributed by atoms with van der Waals surface area (Å²) in [5.74, 6) is 2.36. The Balaban J connectivity index is 2.01. The Kier molecular flexibility index (Phi) is 3.36. The molecule has 0 aromatic carbocycles. The van der Waals surface area contributed by atoms with Gasteiger partial charge in [0.1, 0.15) is 0 Å². The van der Waals surface area contributed by atoms with Gasteiger partial charge in [0, 0.05) is 6.42 Å². The minimum absolute atomic E-state index is 0.270. The van der Waals surface area contributed by atoms with Crippen LogP contribution < -0.4 is 5.32 Å². The summed E-state index contributed by atoms with van der Waals surface area (Å²) in [6.45, 7) is 5.45. The first-order chi connectivity index (χ1) is 7.29. The van der Waals surface area contributed by atoms with Crippen LogP contribution in [-0.2, 0) is 6.42 Å². The zero-order valence-corrected chi connectivity index (χ0v) is 9.49. The predicted octanol–water partition coefficient (Wildman–Crippen LogP) is 2.08. The third-order valence-corrected chi connectivity index (χ3v) is 2.92. The molecule has 1 aliphatic heterocycles. The van der Waals surface area contributed by atoms with Gasteiger partial charge in [-0.1, -0.05) is 19.0 Å². The van der Waals surface area contributed by atoms with E-state index in [2.05, 4.69) is 29.3 Å². The fourth-order valence-electron chi connectivity index (χ4n) is 2.03. The van der Waals surface area contributed by atoms with Crippen LogP contribution in [0.2, 0.25) is 0 Å². The lowest BCUT2D eigenvalue weighted by atomic mass is 9.94. The van der Waals surface area contributed by atoms with Crippen LogP contribution in [0.25, 0.3) is 0 Å². The molecule has 1 aromatic heterocycles. The molecule has 0 amide bonds. The molecule has 0 aliphatic carbocycles. The van der Waals surface area contributed by atoms with Gasteiger partial charge in [0.15, 0.2) is 5.82 Å². The highest BCUT2D eigenvalue weighted by Gasteiger charge is 2.24. The fraction of sp³-hybridized carbons (Fsp3) is 0.818. The van der Waals surface area contributed by atoms with Crippen LogP contribution in [0.1, 0.15) is 50.9 Å². The molecule has 2 unspecified atom stereocenters. The molecular formula is C11H19N3O. The van der Waals surface area contributed by atoms with E-state index in [1.807, 2.05) is 0 Å². The normalized spacial score (nSPS) is 26.8. The maximum atomic E-state index is 5.28. The molecule has 1 fully saturated rings. The Hall–Kier alpha value is -0.900. The van der Waals surface area contributed by atoms with Crippen molar-refractivity contribution in [2.45, 2.75) is 45.6 Å². The topological polar surface area (TPSA) is 51.0 Å². The Bertz CT molecular complexity index is 311. The van der Waals surface area contributed by atoms with Crippen LogP contribution in [0.5, 0.6) is 0 Å². The molecule has 1 saturated heterocycles. The quantitative estimate of drug-likeness (QED) is 0.828. The molecule has 1 aliphatic rings. The highest BCUT2D eigenvalue weighted by atomic mass is 16.5. The van der Waals surface area contributed by atoms with Gasteiger partial charge < -0.3 is 9.84 Å². The molecule has 0 bridgehead atoms. The first-order valence-electron chi connectivity index (χ1n) is 5.85. The van der Waals surface area contributed by atoms with Gasteiger partial charge in [0.25, 0.3) is 0 Å². The second-order valence-corrected chi connectivity index (χ2v) is 4.44. The van der Waals surface area contributed by atoms with Crippen LogP contribution in [0.4, 0.5) is 0 Å². The van der Waals surface area contributed by atoms with E-state index in [4.69, 9.17) is 4.52 Å². The second-order valence-electron chi connectivity index (χ2n) is 4.44. The van der Waals surface area contributed by atoms with Gasteiger partial charge in [-0.25, -0.2) is 0 Å². The van der Waals surface area contributed by atoms with E-state index >= 15 is 0 Å². The average molecular weight is 209 g/mol. The Morgan fingerprint density at radius 1 is 1.53 bits per heavy atom. The number of hydrogen-bond acceptors (Lipinski definition) is 4. The molecule has 15 heavy (non-hydrogen) atoms. The van der Waals surface area contributed by atoms with Gasteiger partial charge in [-0.2, -0.15) is 4.98 Å². The summed E-state index contributed by atoms with van der Waals surface area (Å²) in [5.41, 5.74) is 0. The minimum atomic E-state index is 0.270. The van der Waals surface area contributed by atoms with Crippen LogP contribution in [0.3, 0.4) is 0 Å². The van der Waals surface area contributed by atoms with E-state index < -0.39 is 0 Å². The second kappa shape index (κ2) is 4.75. The molecule has 2 heterocycles. The zero-order valence-electron chi connectivity index (χ0n) is 9.49. The van der Waals surface area contributed by atoms with Crippen LogP contribution in [0.15, 0.2) is 4.52 Å². The third kappa shape index (κ3) is 2.56. The summed E-state index contributed by atoms with van der Waals surface area (Å²) in [7, 11) is 0. The van der Waals surface area contributed by atoms with Gasteiger partial charge in [0.05, 0.1) is 6.04 Å². The first kappa shape index (κ1) is 10.6. The number of nitrogens with zero attached hydrogens (tertiary/aromatic N) is 2. The lowest BCUT2D eigenvalue weighted by Crippen LogP contribution is -2.30. The molecule has 4 heteroatoms. The number of nitrogens with one attached hydrogen (secondary N) is 1. The smallest absolute Gasteiger partial charge is 0.243 e. The average Bonchev–Trinajstić information content (AvgIpc) is 2.67. The minimum Gasteiger partial charge on any atom is -0.338 e. The Morgan fingerprint density at radius 3 is 3.13 bits per heavy atom. The van der Waals surface area contributed by atoms with E-state index in [9.17, 15) is 0 Å². The first-order valence-corrected chi connectivity index (χ1v) is 5.85. The lowest BCUT2D eigenvalue weighted by molar-refractivity contribution is 0.259. The van der Waals surface area contributed by atoms with Crippen molar-refractivity contribution in [3.63, 3.8) is 0 Å². The summed E-state index contributed by atoms with van der Waals surface area (Å²) in [4.78, 5) is 4.42. The fourth-order valence-corrected chi connectivity index (χ4v) is 2.03. The number of aryl methyl sites for hydroxylation is 1. The molecule has 4 nitrogen and oxygen atoms in total. The van der Waals surface area contributed by atoms with Crippen molar-refractivity contribution in [3.05, 3.63) is 11.7 Å². The number of rotatable bonds is 3. The van der Waals surface area contributed by atoms with Crippen LogP contribution in [0, 0.1) is 5.92 Å². The monoisotopic (exact) mass is 209 g/mol. The van der Waals surface area contributed by atoms with Gasteiger partial charge in [-0.3, -0.25) is 0 Å². The highest BCUT2D eigenvalue weighted by molar-refractivity contribution is 4.95. The Morgan fingerprint density at radius 2 is 2.40 bits per heavy atom. The molecular weight excluding hydrogens is 190 g/mol. The Labute approximate surface area is 90.4 Å². The van der Waals surface area contributed by atoms with Crippen molar-refractivity contribution < 1.29 is 4.52 Å². The van der Waals surface area contributed by atoms with E-state index in [1.165, 1.54) is 6.42 Å². The van der Waals surface area contributed by atoms with Gasteiger partial charge >= 0.3 is 0 Å². The summed E-state index contributed by atoms with van der Waals surface area (Å²) >= 11 is 0. The van der Waals surface area contributed by atoms with Crippen LogP contribution >= 0.6 is 0 Å². The van der Waals surface area contributed by atoms with Crippen molar-refractivity contribution in [3.8, 4) is 0 Å². The molecule has 1 aromatic rings. The maximum absolute atomic E-state index is 5.28. The highest BCUT2D eigenvalue weighted by Crippen LogP contribution is 2.25. The third-order valence-electron chi connectivity index (χ3n) is 2.92. The number of piperidine rings is 1. The van der Waals surface area contributed by atoms with Gasteiger partial charge in [0.2, 0.25) is 5.89 Å². The molecule has 84 valence electrons. The molecule has 0 saturated carbocycles. The lowest BCUT2D eigenvalue weighted by Gasteiger charge is -2.25. The SMILES string of the molecule is CCCc1noc(C2CC(C)CCN2)n1. The maximum Gasteiger partial charge on any atom is 0.243 e. The van der Waals surface area contributed by atoms with E-state index in [-0.39, 0.29) is 6.04 Å².